The lowest BCUT2D eigenvalue weighted by atomic mass is 10.0. The molecule has 8 nitrogen and oxygen atoms in total. The van der Waals surface area contributed by atoms with Gasteiger partial charge in [-0.3, -0.25) is 14.6 Å². The number of nitrogens with one attached hydrogen (secondary N) is 2. The van der Waals surface area contributed by atoms with Crippen LogP contribution in [0.3, 0.4) is 0 Å². The summed E-state index contributed by atoms with van der Waals surface area (Å²) in [4.78, 5) is 43.8. The van der Waals surface area contributed by atoms with Gasteiger partial charge in [-0.2, -0.15) is 18.7 Å². The van der Waals surface area contributed by atoms with Gasteiger partial charge in [0.25, 0.3) is 17.7 Å². The first-order chi connectivity index (χ1) is 18.3. The minimum atomic E-state index is -5.39. The molecule has 2 unspecified atom stereocenters. The van der Waals surface area contributed by atoms with Crippen LogP contribution < -0.4 is 15.5 Å². The van der Waals surface area contributed by atoms with Gasteiger partial charge in [-0.1, -0.05) is 18.2 Å². The Morgan fingerprint density at radius 3 is 2.44 bits per heavy atom. The molecule has 4 rings (SSSR count). The number of nitrogens with zero attached hydrogens (tertiary/aromatic N) is 1. The summed E-state index contributed by atoms with van der Waals surface area (Å²) in [5.41, 5.74) is 3.88. The Balaban J connectivity index is 1.38. The molecule has 0 bridgehead atoms. The van der Waals surface area contributed by atoms with E-state index in [1.807, 2.05) is 37.3 Å². The van der Waals surface area contributed by atoms with Crippen LogP contribution in [0.25, 0.3) is 10.9 Å². The van der Waals surface area contributed by atoms with Gasteiger partial charge in [0.2, 0.25) is 0 Å². The van der Waals surface area contributed by atoms with Gasteiger partial charge in [0.05, 0.1) is 11.4 Å². The van der Waals surface area contributed by atoms with E-state index in [-0.39, 0.29) is 12.2 Å². The number of amides is 2. The van der Waals surface area contributed by atoms with Crippen LogP contribution in [0, 0.1) is 12.8 Å². The fourth-order valence-electron chi connectivity index (χ4n) is 4.30. The van der Waals surface area contributed by atoms with E-state index < -0.39 is 54.7 Å². The molecule has 1 heterocycles. The number of carbonyl (C=O) groups is 3. The van der Waals surface area contributed by atoms with Crippen molar-refractivity contribution in [2.75, 3.05) is 0 Å². The summed E-state index contributed by atoms with van der Waals surface area (Å²) < 4.78 is 70.6. The SMILES string of the molecule is Cc1cc(COc2ccc(C(=O)NC3CC(F)(F)CC3C(=O)NOC(=O)C(F)(F)F)cc2)c2ccccc2n1. The molecule has 0 saturated heterocycles. The van der Waals surface area contributed by atoms with Crippen LogP contribution in [-0.2, 0) is 21.0 Å². The average Bonchev–Trinajstić information content (AvgIpc) is 3.18. The van der Waals surface area contributed by atoms with Crippen LogP contribution in [0.1, 0.15) is 34.5 Å². The largest absolute Gasteiger partial charge is 0.493 e. The zero-order valence-electron chi connectivity index (χ0n) is 20.4. The summed E-state index contributed by atoms with van der Waals surface area (Å²) in [6.07, 6.45) is -7.37. The van der Waals surface area contributed by atoms with Crippen molar-refractivity contribution >= 4 is 28.7 Å². The maximum atomic E-state index is 14.0. The van der Waals surface area contributed by atoms with E-state index in [2.05, 4.69) is 15.1 Å². The monoisotopic (exact) mass is 551 g/mol. The number of hydrogen-bond acceptors (Lipinski definition) is 6. The number of para-hydroxylation sites is 1. The van der Waals surface area contributed by atoms with Crippen molar-refractivity contribution in [3.05, 3.63) is 71.4 Å². The lowest BCUT2D eigenvalue weighted by molar-refractivity contribution is -0.208. The molecular weight excluding hydrogens is 529 g/mol. The van der Waals surface area contributed by atoms with Crippen molar-refractivity contribution in [3.63, 3.8) is 0 Å². The van der Waals surface area contributed by atoms with Crippen LogP contribution >= 0.6 is 0 Å². The standard InChI is InChI=1S/C26H22F5N3O5/c1-14-10-16(18-4-2-3-5-20(18)32-14)13-38-17-8-6-15(7-9-17)22(35)33-21-12-25(27,28)11-19(21)23(36)34-39-24(37)26(29,30)31/h2-10,19,21H,11-13H2,1H3,(H,33,35)(H,34,36). The molecule has 1 aliphatic rings. The van der Waals surface area contributed by atoms with Gasteiger partial charge >= 0.3 is 12.1 Å². The van der Waals surface area contributed by atoms with Gasteiger partial charge < -0.3 is 14.9 Å². The third-order valence-corrected chi connectivity index (χ3v) is 6.09. The van der Waals surface area contributed by atoms with Crippen molar-refractivity contribution in [1.82, 2.24) is 15.8 Å². The highest BCUT2D eigenvalue weighted by molar-refractivity contribution is 5.95. The van der Waals surface area contributed by atoms with E-state index in [9.17, 15) is 36.3 Å². The maximum Gasteiger partial charge on any atom is 0.493 e. The molecule has 0 radical (unpaired) electrons. The molecule has 2 aromatic carbocycles. The van der Waals surface area contributed by atoms with Crippen LogP contribution in [0.2, 0.25) is 0 Å². The number of hydroxylamine groups is 1. The quantitative estimate of drug-likeness (QED) is 0.348. The van der Waals surface area contributed by atoms with Gasteiger partial charge in [-0.15, -0.1) is 0 Å². The minimum Gasteiger partial charge on any atom is -0.489 e. The number of aromatic nitrogens is 1. The second-order valence-electron chi connectivity index (χ2n) is 9.06. The molecule has 0 spiro atoms. The number of benzene rings is 2. The predicted octanol–water partition coefficient (Wildman–Crippen LogP) is 4.40. The predicted molar refractivity (Wildman–Crippen MR) is 126 cm³/mol. The molecule has 206 valence electrons. The van der Waals surface area contributed by atoms with Gasteiger partial charge in [0.15, 0.2) is 0 Å². The maximum absolute atomic E-state index is 14.0. The number of ether oxygens (including phenoxy) is 1. The fraction of sp³-hybridized carbons (Fsp3) is 0.308. The Bertz CT molecular complexity index is 1390. The number of carbonyl (C=O) groups excluding carboxylic acids is 3. The smallest absolute Gasteiger partial charge is 0.489 e. The van der Waals surface area contributed by atoms with Gasteiger partial charge in [0.1, 0.15) is 12.4 Å². The molecule has 0 aliphatic heterocycles. The number of aryl methyl sites for hydroxylation is 1. The average molecular weight is 551 g/mol. The third-order valence-electron chi connectivity index (χ3n) is 6.09. The Labute approximate surface area is 218 Å². The van der Waals surface area contributed by atoms with E-state index in [0.717, 1.165) is 22.2 Å². The molecule has 39 heavy (non-hydrogen) atoms. The summed E-state index contributed by atoms with van der Waals surface area (Å²) in [5, 5.41) is 3.24. The van der Waals surface area contributed by atoms with E-state index in [4.69, 9.17) is 4.74 Å². The minimum absolute atomic E-state index is 0.0745. The number of pyridine rings is 1. The number of alkyl halides is 5. The molecule has 1 saturated carbocycles. The third kappa shape index (κ3) is 6.78. The van der Waals surface area contributed by atoms with E-state index >= 15 is 0 Å². The van der Waals surface area contributed by atoms with Crippen LogP contribution in [-0.4, -0.2) is 40.9 Å². The first-order valence-electron chi connectivity index (χ1n) is 11.7. The summed E-state index contributed by atoms with van der Waals surface area (Å²) in [5.74, 6) is -9.47. The summed E-state index contributed by atoms with van der Waals surface area (Å²) in [6.45, 7) is 2.09. The van der Waals surface area contributed by atoms with E-state index in [0.29, 0.717) is 5.75 Å². The zero-order valence-corrected chi connectivity index (χ0v) is 20.4. The first-order valence-corrected chi connectivity index (χ1v) is 11.7. The Hall–Kier alpha value is -4.29. The highest BCUT2D eigenvalue weighted by Gasteiger charge is 2.51. The molecule has 13 heteroatoms. The van der Waals surface area contributed by atoms with Crippen LogP contribution in [0.4, 0.5) is 22.0 Å². The second-order valence-corrected chi connectivity index (χ2v) is 9.06. The van der Waals surface area contributed by atoms with Crippen molar-refractivity contribution < 1.29 is 45.9 Å². The van der Waals surface area contributed by atoms with E-state index in [1.165, 1.54) is 29.7 Å². The molecule has 2 amide bonds. The molecule has 1 aliphatic carbocycles. The van der Waals surface area contributed by atoms with Crippen LogP contribution in [0.15, 0.2) is 54.6 Å². The molecule has 2 atom stereocenters. The topological polar surface area (TPSA) is 107 Å². The summed E-state index contributed by atoms with van der Waals surface area (Å²) in [6, 6.07) is 13.9. The van der Waals surface area contributed by atoms with Crippen molar-refractivity contribution in [2.24, 2.45) is 5.92 Å². The number of fused-ring (bicyclic) bond motifs is 1. The van der Waals surface area contributed by atoms with Gasteiger partial charge in [-0.05, 0) is 43.3 Å². The van der Waals surface area contributed by atoms with Crippen molar-refractivity contribution in [2.45, 2.75) is 44.5 Å². The second kappa shape index (κ2) is 10.8. The number of rotatable bonds is 6. The lowest BCUT2D eigenvalue weighted by Gasteiger charge is -2.19. The molecule has 3 aromatic rings. The van der Waals surface area contributed by atoms with E-state index in [1.54, 1.807) is 0 Å². The van der Waals surface area contributed by atoms with Crippen molar-refractivity contribution in [3.8, 4) is 5.75 Å². The number of hydrogen-bond donors (Lipinski definition) is 2. The fourth-order valence-corrected chi connectivity index (χ4v) is 4.30. The molecule has 1 aromatic heterocycles. The summed E-state index contributed by atoms with van der Waals surface area (Å²) >= 11 is 0. The van der Waals surface area contributed by atoms with Crippen molar-refractivity contribution in [1.29, 1.82) is 0 Å². The lowest BCUT2D eigenvalue weighted by Crippen LogP contribution is -2.45. The molecule has 2 N–H and O–H groups in total. The highest BCUT2D eigenvalue weighted by atomic mass is 19.4. The Morgan fingerprint density at radius 1 is 1.05 bits per heavy atom. The van der Waals surface area contributed by atoms with Crippen LogP contribution in [0.5, 0.6) is 5.75 Å². The number of halogens is 5. The van der Waals surface area contributed by atoms with Gasteiger partial charge in [0, 0.05) is 41.1 Å². The highest BCUT2D eigenvalue weighted by Crippen LogP contribution is 2.39. The Kier molecular flexibility index (Phi) is 7.70. The molecular formula is C26H22F5N3O5. The normalized spacial score (nSPS) is 18.4. The zero-order chi connectivity index (χ0) is 28.4. The first kappa shape index (κ1) is 27.7. The Morgan fingerprint density at radius 2 is 1.74 bits per heavy atom. The summed E-state index contributed by atoms with van der Waals surface area (Å²) in [7, 11) is 0. The van der Waals surface area contributed by atoms with Gasteiger partial charge in [-0.25, -0.2) is 13.6 Å². The molecule has 1 fully saturated rings.